The summed E-state index contributed by atoms with van der Waals surface area (Å²) in [5.74, 6) is -2.80. The lowest BCUT2D eigenvalue weighted by molar-refractivity contribution is 0.422. The van der Waals surface area contributed by atoms with Crippen molar-refractivity contribution in [2.45, 2.75) is 16.6 Å². The molecule has 1 atom stereocenters. The van der Waals surface area contributed by atoms with Crippen LogP contribution in [0.2, 0.25) is 0 Å². The number of halogens is 4. The van der Waals surface area contributed by atoms with Crippen LogP contribution < -0.4 is 0 Å². The van der Waals surface area contributed by atoms with Crippen molar-refractivity contribution in [3.63, 3.8) is 0 Å². The lowest BCUT2D eigenvalue weighted by atomic mass is 10.1. The van der Waals surface area contributed by atoms with Gasteiger partial charge in [0.05, 0.1) is 0 Å². The maximum Gasteiger partial charge on any atom is 0.246 e. The molecule has 1 saturated heterocycles. The van der Waals surface area contributed by atoms with Gasteiger partial charge in [-0.05, 0) is 36.8 Å². The van der Waals surface area contributed by atoms with E-state index in [1.165, 1.54) is 11.8 Å². The molecule has 1 fully saturated rings. The Morgan fingerprint density at radius 3 is 2.35 bits per heavy atom. The maximum absolute atomic E-state index is 14.0. The Morgan fingerprint density at radius 2 is 1.62 bits per heavy atom. The molecule has 0 amide bonds. The van der Waals surface area contributed by atoms with E-state index in [0.717, 1.165) is 34.6 Å². The summed E-state index contributed by atoms with van der Waals surface area (Å²) >= 11 is 1.32. The fraction of sp³-hybridized carbons (Fsp3) is 0.294. The predicted molar refractivity (Wildman–Crippen MR) is 91.3 cm³/mol. The molecule has 1 unspecified atom stereocenters. The van der Waals surface area contributed by atoms with Crippen molar-refractivity contribution in [3.8, 4) is 0 Å². The van der Waals surface area contributed by atoms with Gasteiger partial charge >= 0.3 is 0 Å². The third-order valence-electron chi connectivity index (χ3n) is 4.12. The minimum Gasteiger partial charge on any atom is -0.207 e. The van der Waals surface area contributed by atoms with Gasteiger partial charge in [0.2, 0.25) is 10.0 Å². The van der Waals surface area contributed by atoms with Crippen molar-refractivity contribution >= 4 is 21.8 Å². The minimum atomic E-state index is -4.15. The van der Waals surface area contributed by atoms with Crippen LogP contribution >= 0.6 is 11.8 Å². The van der Waals surface area contributed by atoms with Crippen LogP contribution in [0.3, 0.4) is 0 Å². The summed E-state index contributed by atoms with van der Waals surface area (Å²) in [6, 6.07) is 5.46. The number of sulfonamides is 1. The average molecular weight is 405 g/mol. The molecule has 2 aromatic carbocycles. The monoisotopic (exact) mass is 405 g/mol. The van der Waals surface area contributed by atoms with E-state index in [9.17, 15) is 26.0 Å². The van der Waals surface area contributed by atoms with Gasteiger partial charge in [-0.25, -0.2) is 26.0 Å². The fourth-order valence-electron chi connectivity index (χ4n) is 2.82. The summed E-state index contributed by atoms with van der Waals surface area (Å²) in [4.78, 5) is -0.598. The molecule has 0 aromatic heterocycles. The number of rotatable bonds is 3. The number of benzene rings is 2. The van der Waals surface area contributed by atoms with Gasteiger partial charge in [0.25, 0.3) is 0 Å². The average Bonchev–Trinajstić information content (AvgIpc) is 2.83. The Labute approximate surface area is 153 Å². The van der Waals surface area contributed by atoms with Gasteiger partial charge in [-0.2, -0.15) is 16.1 Å². The Balaban J connectivity index is 1.83. The topological polar surface area (TPSA) is 37.4 Å². The first-order chi connectivity index (χ1) is 12.3. The highest BCUT2D eigenvalue weighted by atomic mass is 32.2. The maximum atomic E-state index is 14.0. The van der Waals surface area contributed by atoms with E-state index in [1.54, 1.807) is 0 Å². The third kappa shape index (κ3) is 3.89. The summed E-state index contributed by atoms with van der Waals surface area (Å²) in [7, 11) is -4.15. The molecule has 0 aliphatic carbocycles. The standard InChI is InChI=1S/C17H15F4NO2S2/c18-11-1-3-14(20)13(9-11)16-5-6-22(7-8-25-16)26(23,24)17-4-2-12(19)10-15(17)21/h1-4,9-10,16H,5-8H2. The van der Waals surface area contributed by atoms with Gasteiger partial charge < -0.3 is 0 Å². The second-order valence-electron chi connectivity index (χ2n) is 5.79. The molecule has 1 aliphatic rings. The van der Waals surface area contributed by atoms with Crippen molar-refractivity contribution in [1.29, 1.82) is 0 Å². The molecule has 140 valence electrons. The predicted octanol–water partition coefficient (Wildman–Crippen LogP) is 4.11. The molecule has 0 bridgehead atoms. The van der Waals surface area contributed by atoms with E-state index in [2.05, 4.69) is 0 Å². The number of hydrogen-bond donors (Lipinski definition) is 0. The van der Waals surface area contributed by atoms with Gasteiger partial charge in [0.1, 0.15) is 28.2 Å². The molecular formula is C17H15F4NO2S2. The van der Waals surface area contributed by atoms with Crippen molar-refractivity contribution < 1.29 is 26.0 Å². The lowest BCUT2D eigenvalue weighted by Crippen LogP contribution is -2.33. The highest BCUT2D eigenvalue weighted by Crippen LogP contribution is 2.37. The van der Waals surface area contributed by atoms with Crippen molar-refractivity contribution in [2.24, 2.45) is 0 Å². The van der Waals surface area contributed by atoms with Crippen LogP contribution in [0.4, 0.5) is 17.6 Å². The van der Waals surface area contributed by atoms with E-state index >= 15 is 0 Å². The van der Waals surface area contributed by atoms with Gasteiger partial charge in [0.15, 0.2) is 0 Å². The molecule has 1 aliphatic heterocycles. The molecule has 0 radical (unpaired) electrons. The highest BCUT2D eigenvalue weighted by Gasteiger charge is 2.31. The fourth-order valence-corrected chi connectivity index (χ4v) is 5.68. The SMILES string of the molecule is O=S(=O)(c1ccc(F)cc1F)N1CCSC(c2cc(F)ccc2F)CC1. The molecule has 0 spiro atoms. The van der Waals surface area contributed by atoms with Crippen LogP contribution in [0.1, 0.15) is 17.2 Å². The molecule has 1 heterocycles. The molecule has 3 nitrogen and oxygen atoms in total. The molecule has 3 rings (SSSR count). The normalized spacial score (nSPS) is 19.3. The Bertz CT molecular complexity index is 921. The smallest absolute Gasteiger partial charge is 0.207 e. The van der Waals surface area contributed by atoms with E-state index < -0.39 is 43.4 Å². The first-order valence-electron chi connectivity index (χ1n) is 7.81. The van der Waals surface area contributed by atoms with E-state index in [4.69, 9.17) is 0 Å². The third-order valence-corrected chi connectivity index (χ3v) is 7.36. The molecular weight excluding hydrogens is 390 g/mol. The van der Waals surface area contributed by atoms with Gasteiger partial charge in [-0.1, -0.05) is 0 Å². The summed E-state index contributed by atoms with van der Waals surface area (Å²) < 4.78 is 80.7. The van der Waals surface area contributed by atoms with Crippen molar-refractivity contribution in [1.82, 2.24) is 4.31 Å². The minimum absolute atomic E-state index is 0.0206. The summed E-state index contributed by atoms with van der Waals surface area (Å²) in [6.45, 7) is 0.115. The zero-order chi connectivity index (χ0) is 18.9. The van der Waals surface area contributed by atoms with Crippen LogP contribution in [-0.4, -0.2) is 31.6 Å². The number of thioether (sulfide) groups is 1. The van der Waals surface area contributed by atoms with Gasteiger partial charge in [0, 0.05) is 35.7 Å². The quantitative estimate of drug-likeness (QED) is 0.722. The number of nitrogens with zero attached hydrogens (tertiary/aromatic N) is 1. The van der Waals surface area contributed by atoms with Crippen LogP contribution in [0.15, 0.2) is 41.3 Å². The Kier molecular flexibility index (Phi) is 5.59. The lowest BCUT2D eigenvalue weighted by Gasteiger charge is -2.20. The van der Waals surface area contributed by atoms with Crippen LogP contribution in [0.5, 0.6) is 0 Å². The van der Waals surface area contributed by atoms with Crippen LogP contribution in [0.25, 0.3) is 0 Å². The highest BCUT2D eigenvalue weighted by molar-refractivity contribution is 7.99. The van der Waals surface area contributed by atoms with E-state index in [1.807, 2.05) is 0 Å². The molecule has 0 N–H and O–H groups in total. The van der Waals surface area contributed by atoms with E-state index in [0.29, 0.717) is 11.8 Å². The molecule has 9 heteroatoms. The Hall–Kier alpha value is -1.58. The zero-order valence-electron chi connectivity index (χ0n) is 13.5. The first-order valence-corrected chi connectivity index (χ1v) is 10.3. The Morgan fingerprint density at radius 1 is 0.923 bits per heavy atom. The van der Waals surface area contributed by atoms with Gasteiger partial charge in [-0.3, -0.25) is 0 Å². The zero-order valence-corrected chi connectivity index (χ0v) is 15.1. The second kappa shape index (κ2) is 7.58. The first kappa shape index (κ1) is 19.2. The van der Waals surface area contributed by atoms with E-state index in [-0.39, 0.29) is 25.1 Å². The summed E-state index contributed by atoms with van der Waals surface area (Å²) in [5, 5.41) is -0.413. The molecule has 26 heavy (non-hydrogen) atoms. The van der Waals surface area contributed by atoms with Gasteiger partial charge in [-0.15, -0.1) is 0 Å². The summed E-state index contributed by atoms with van der Waals surface area (Å²) in [5.41, 5.74) is 0.183. The van der Waals surface area contributed by atoms with Crippen molar-refractivity contribution in [2.75, 3.05) is 18.8 Å². The second-order valence-corrected chi connectivity index (χ2v) is 9.01. The molecule has 0 saturated carbocycles. The van der Waals surface area contributed by atoms with Crippen molar-refractivity contribution in [3.05, 3.63) is 65.2 Å². The molecule has 2 aromatic rings. The summed E-state index contributed by atoms with van der Waals surface area (Å²) in [6.07, 6.45) is 0.243. The van der Waals surface area contributed by atoms with Crippen LogP contribution in [0, 0.1) is 23.3 Å². The number of hydrogen-bond acceptors (Lipinski definition) is 3. The largest absolute Gasteiger partial charge is 0.246 e. The van der Waals surface area contributed by atoms with Crippen LogP contribution in [-0.2, 0) is 10.0 Å².